The van der Waals surface area contributed by atoms with Gasteiger partial charge in [-0.15, -0.1) is 0 Å². The lowest BCUT2D eigenvalue weighted by atomic mass is 10.0. The Morgan fingerprint density at radius 2 is 2.00 bits per heavy atom. The van der Waals surface area contributed by atoms with Crippen molar-refractivity contribution in [1.29, 1.82) is 0 Å². The highest BCUT2D eigenvalue weighted by molar-refractivity contribution is 9.09. The van der Waals surface area contributed by atoms with Crippen molar-refractivity contribution < 1.29 is 28.5 Å². The van der Waals surface area contributed by atoms with Crippen LogP contribution in [-0.2, 0) is 23.7 Å². The zero-order chi connectivity index (χ0) is 11.9. The van der Waals surface area contributed by atoms with Crippen LogP contribution in [0.1, 0.15) is 13.8 Å². The Balaban J connectivity index is 2.17. The molecule has 2 saturated heterocycles. The van der Waals surface area contributed by atoms with Gasteiger partial charge in [-0.3, -0.25) is 4.79 Å². The van der Waals surface area contributed by atoms with Gasteiger partial charge in [-0.1, -0.05) is 15.9 Å². The van der Waals surface area contributed by atoms with Gasteiger partial charge in [0.1, 0.15) is 0 Å². The van der Waals surface area contributed by atoms with Crippen LogP contribution in [0.4, 0.5) is 4.79 Å². The van der Waals surface area contributed by atoms with E-state index in [1.54, 1.807) is 6.92 Å². The van der Waals surface area contributed by atoms with Gasteiger partial charge in [-0.2, -0.15) is 0 Å². The number of halogens is 1. The SMILES string of the molecule is CC(=O)O[C@@H]1[C@H]2OC(=O)O[C@H]2[C@H](Br)O[C@H]1C. The predicted octanol–water partition coefficient (Wildman–Crippen LogP) is 0.962. The smallest absolute Gasteiger partial charge is 0.456 e. The van der Waals surface area contributed by atoms with Gasteiger partial charge in [-0.05, 0) is 6.92 Å². The number of ether oxygens (including phenoxy) is 4. The number of esters is 1. The minimum Gasteiger partial charge on any atom is -0.456 e. The fourth-order valence-corrected chi connectivity index (χ4v) is 2.57. The molecule has 0 spiro atoms. The normalized spacial score (nSPS) is 41.9. The van der Waals surface area contributed by atoms with E-state index < -0.39 is 35.4 Å². The van der Waals surface area contributed by atoms with Crippen LogP contribution in [0.15, 0.2) is 0 Å². The highest BCUT2D eigenvalue weighted by Crippen LogP contribution is 2.34. The molecule has 5 atom stereocenters. The molecule has 0 aromatic rings. The fourth-order valence-electron chi connectivity index (χ4n) is 1.82. The van der Waals surface area contributed by atoms with E-state index >= 15 is 0 Å². The highest BCUT2D eigenvalue weighted by atomic mass is 79.9. The van der Waals surface area contributed by atoms with E-state index in [1.807, 2.05) is 0 Å². The third kappa shape index (κ3) is 2.01. The maximum absolute atomic E-state index is 11.0. The van der Waals surface area contributed by atoms with Crippen LogP contribution in [-0.4, -0.2) is 41.6 Å². The van der Waals surface area contributed by atoms with E-state index in [4.69, 9.17) is 18.9 Å². The van der Waals surface area contributed by atoms with Crippen LogP contribution in [0.5, 0.6) is 0 Å². The van der Waals surface area contributed by atoms with Crippen LogP contribution >= 0.6 is 15.9 Å². The fraction of sp³-hybridized carbons (Fsp3) is 0.778. The summed E-state index contributed by atoms with van der Waals surface area (Å²) in [6, 6.07) is 0. The summed E-state index contributed by atoms with van der Waals surface area (Å²) in [5.74, 6) is -0.449. The lowest BCUT2D eigenvalue weighted by Gasteiger charge is -2.36. The molecule has 90 valence electrons. The van der Waals surface area contributed by atoms with Crippen LogP contribution in [0.3, 0.4) is 0 Å². The van der Waals surface area contributed by atoms with Crippen molar-refractivity contribution >= 4 is 28.1 Å². The maximum atomic E-state index is 11.0. The van der Waals surface area contributed by atoms with Gasteiger partial charge in [0.25, 0.3) is 0 Å². The molecular formula is C9H11BrO6. The molecule has 2 aliphatic rings. The number of fused-ring (bicyclic) bond motifs is 1. The van der Waals surface area contributed by atoms with Crippen LogP contribution < -0.4 is 0 Å². The Morgan fingerprint density at radius 3 is 2.62 bits per heavy atom. The molecule has 16 heavy (non-hydrogen) atoms. The first-order valence-electron chi connectivity index (χ1n) is 4.83. The third-order valence-electron chi connectivity index (χ3n) is 2.48. The highest BCUT2D eigenvalue weighted by Gasteiger charge is 2.53. The van der Waals surface area contributed by atoms with Gasteiger partial charge in [0.15, 0.2) is 23.3 Å². The summed E-state index contributed by atoms with van der Waals surface area (Å²) in [6.07, 6.45) is -2.99. The quantitative estimate of drug-likeness (QED) is 0.530. The number of hydrogen-bond donors (Lipinski definition) is 0. The second-order valence-electron chi connectivity index (χ2n) is 3.68. The van der Waals surface area contributed by atoms with Crippen LogP contribution in [0.2, 0.25) is 0 Å². The van der Waals surface area contributed by atoms with Crippen molar-refractivity contribution in [1.82, 2.24) is 0 Å². The van der Waals surface area contributed by atoms with Crippen LogP contribution in [0.25, 0.3) is 0 Å². The average Bonchev–Trinajstić information content (AvgIpc) is 2.54. The third-order valence-corrected chi connectivity index (χ3v) is 3.22. The van der Waals surface area contributed by atoms with Gasteiger partial charge in [0, 0.05) is 6.92 Å². The van der Waals surface area contributed by atoms with E-state index in [1.165, 1.54) is 6.92 Å². The van der Waals surface area contributed by atoms with Gasteiger partial charge in [0.2, 0.25) is 0 Å². The number of carbonyl (C=O) groups is 2. The number of carbonyl (C=O) groups excluding carboxylic acids is 2. The Kier molecular flexibility index (Phi) is 3.07. The van der Waals surface area contributed by atoms with E-state index in [9.17, 15) is 9.59 Å². The molecule has 7 heteroatoms. The van der Waals surface area contributed by atoms with Crippen molar-refractivity contribution in [3.63, 3.8) is 0 Å². The molecule has 0 bridgehead atoms. The Labute approximate surface area is 100 Å². The summed E-state index contributed by atoms with van der Waals surface area (Å²) in [6.45, 7) is 3.03. The zero-order valence-electron chi connectivity index (χ0n) is 8.71. The summed E-state index contributed by atoms with van der Waals surface area (Å²) < 4.78 is 20.4. The Hall–Kier alpha value is -0.820. The second-order valence-corrected chi connectivity index (χ2v) is 4.58. The molecule has 0 radical (unpaired) electrons. The Morgan fingerprint density at radius 1 is 1.38 bits per heavy atom. The lowest BCUT2D eigenvalue weighted by molar-refractivity contribution is -0.185. The number of hydrogen-bond acceptors (Lipinski definition) is 6. The molecule has 2 heterocycles. The maximum Gasteiger partial charge on any atom is 0.509 e. The van der Waals surface area contributed by atoms with Gasteiger partial charge in [-0.25, -0.2) is 4.79 Å². The first-order valence-corrected chi connectivity index (χ1v) is 5.74. The second kappa shape index (κ2) is 4.21. The monoisotopic (exact) mass is 294 g/mol. The molecule has 0 aromatic heterocycles. The van der Waals surface area contributed by atoms with Gasteiger partial charge >= 0.3 is 12.1 Å². The van der Waals surface area contributed by atoms with E-state index in [2.05, 4.69) is 15.9 Å². The summed E-state index contributed by atoms with van der Waals surface area (Å²) in [5.41, 5.74) is 0. The first-order chi connectivity index (χ1) is 7.49. The summed E-state index contributed by atoms with van der Waals surface area (Å²) in [7, 11) is 0. The molecule has 0 unspecified atom stereocenters. The largest absolute Gasteiger partial charge is 0.509 e. The predicted molar refractivity (Wildman–Crippen MR) is 54.0 cm³/mol. The van der Waals surface area contributed by atoms with E-state index in [0.29, 0.717) is 0 Å². The van der Waals surface area contributed by atoms with Crippen molar-refractivity contribution in [2.24, 2.45) is 0 Å². The first kappa shape index (κ1) is 11.7. The molecule has 2 rings (SSSR count). The molecule has 0 aliphatic carbocycles. The topological polar surface area (TPSA) is 71.1 Å². The van der Waals surface area contributed by atoms with E-state index in [0.717, 1.165) is 0 Å². The molecule has 6 nitrogen and oxygen atoms in total. The van der Waals surface area contributed by atoms with E-state index in [-0.39, 0.29) is 6.10 Å². The van der Waals surface area contributed by atoms with Crippen molar-refractivity contribution in [2.45, 2.75) is 43.3 Å². The lowest BCUT2D eigenvalue weighted by Crippen LogP contribution is -2.54. The number of rotatable bonds is 1. The molecule has 0 aromatic carbocycles. The zero-order valence-corrected chi connectivity index (χ0v) is 10.3. The molecule has 0 amide bonds. The minimum absolute atomic E-state index is 0.371. The minimum atomic E-state index is -0.769. The van der Waals surface area contributed by atoms with Gasteiger partial charge < -0.3 is 18.9 Å². The van der Waals surface area contributed by atoms with Crippen molar-refractivity contribution in [3.05, 3.63) is 0 Å². The van der Waals surface area contributed by atoms with Crippen molar-refractivity contribution in [3.8, 4) is 0 Å². The van der Waals surface area contributed by atoms with Crippen molar-refractivity contribution in [2.75, 3.05) is 0 Å². The van der Waals surface area contributed by atoms with Gasteiger partial charge in [0.05, 0.1) is 6.10 Å². The summed E-state index contributed by atoms with van der Waals surface area (Å²) in [5, 5.41) is -0.453. The standard InChI is InChI=1S/C9H11BrO6/c1-3-5(14-4(2)11)6-7(8(10)13-3)16-9(12)15-6/h3,5-8H,1-2H3/t3-,5-,6+,7+,8+/m0/s1. The molecule has 0 N–H and O–H groups in total. The molecule has 2 fully saturated rings. The molecule has 2 aliphatic heterocycles. The number of alkyl halides is 1. The summed E-state index contributed by atoms with van der Waals surface area (Å²) in [4.78, 5) is 22.0. The molecular weight excluding hydrogens is 284 g/mol. The Bertz CT molecular complexity index is 319. The van der Waals surface area contributed by atoms with Crippen LogP contribution in [0, 0.1) is 0 Å². The summed E-state index contributed by atoms with van der Waals surface area (Å²) >= 11 is 3.24. The molecule has 0 saturated carbocycles. The average molecular weight is 295 g/mol.